The summed E-state index contributed by atoms with van der Waals surface area (Å²) < 4.78 is 51.4. The van der Waals surface area contributed by atoms with Gasteiger partial charge in [0.05, 0.1) is 15.2 Å². The van der Waals surface area contributed by atoms with Crippen molar-refractivity contribution in [2.24, 2.45) is 0 Å². The van der Waals surface area contributed by atoms with Crippen molar-refractivity contribution < 1.29 is 16.8 Å². The molecule has 3 rings (SSSR count). The van der Waals surface area contributed by atoms with E-state index in [2.05, 4.69) is 0 Å². The molecule has 0 atom stereocenters. The molecule has 0 unspecified atom stereocenters. The maximum atomic E-state index is 13.0. The monoisotopic (exact) mass is 390 g/mol. The van der Waals surface area contributed by atoms with Crippen LogP contribution in [0.2, 0.25) is 0 Å². The van der Waals surface area contributed by atoms with Gasteiger partial charge in [-0.2, -0.15) is 0 Å². The Morgan fingerprint density at radius 3 is 1.80 bits per heavy atom. The Morgan fingerprint density at radius 2 is 1.28 bits per heavy atom. The summed E-state index contributed by atoms with van der Waals surface area (Å²) in [7, 11) is -7.88. The first kappa shape index (κ1) is 17.6. The minimum absolute atomic E-state index is 0.0484. The molecule has 2 aromatic carbocycles. The second-order valence-corrected chi connectivity index (χ2v) is 9.80. The standard InChI is InChI=1S/C18H14O4S3/c19-24(20,15-8-3-1-4-9-15)14-18(17-12-7-13-23-17)25(21,22)16-10-5-2-6-11-16/h1-14H/b18-14+. The molecule has 128 valence electrons. The van der Waals surface area contributed by atoms with Gasteiger partial charge < -0.3 is 0 Å². The largest absolute Gasteiger partial charge is 0.219 e. The highest BCUT2D eigenvalue weighted by molar-refractivity contribution is 8.03. The van der Waals surface area contributed by atoms with Gasteiger partial charge in [0, 0.05) is 4.88 Å². The van der Waals surface area contributed by atoms with Crippen LogP contribution in [0.3, 0.4) is 0 Å². The molecule has 3 aromatic rings. The Morgan fingerprint density at radius 1 is 0.720 bits per heavy atom. The lowest BCUT2D eigenvalue weighted by atomic mass is 10.4. The first-order chi connectivity index (χ1) is 11.9. The summed E-state index contributed by atoms with van der Waals surface area (Å²) in [5.41, 5.74) is 0. The fourth-order valence-electron chi connectivity index (χ4n) is 2.22. The van der Waals surface area contributed by atoms with Gasteiger partial charge >= 0.3 is 0 Å². The van der Waals surface area contributed by atoms with Crippen LogP contribution in [-0.4, -0.2) is 16.8 Å². The predicted molar refractivity (Wildman–Crippen MR) is 99.6 cm³/mol. The highest BCUT2D eigenvalue weighted by atomic mass is 32.2. The van der Waals surface area contributed by atoms with Crippen LogP contribution in [0.25, 0.3) is 4.91 Å². The van der Waals surface area contributed by atoms with Crippen molar-refractivity contribution >= 4 is 35.9 Å². The summed E-state index contributed by atoms with van der Waals surface area (Å²) in [5.74, 6) is 0. The van der Waals surface area contributed by atoms with Crippen molar-refractivity contribution in [3.05, 3.63) is 88.5 Å². The Balaban J connectivity index is 2.21. The quantitative estimate of drug-likeness (QED) is 0.660. The normalized spacial score (nSPS) is 12.9. The zero-order valence-electron chi connectivity index (χ0n) is 12.9. The van der Waals surface area contributed by atoms with Gasteiger partial charge in [0.2, 0.25) is 19.7 Å². The van der Waals surface area contributed by atoms with Gasteiger partial charge in [-0.3, -0.25) is 0 Å². The number of benzene rings is 2. The van der Waals surface area contributed by atoms with Crippen LogP contribution in [-0.2, 0) is 19.7 Å². The third-order valence-corrected chi connectivity index (χ3v) is 7.91. The summed E-state index contributed by atoms with van der Waals surface area (Å²) in [6, 6.07) is 18.8. The zero-order valence-corrected chi connectivity index (χ0v) is 15.4. The second kappa shape index (κ2) is 6.95. The van der Waals surface area contributed by atoms with E-state index in [9.17, 15) is 16.8 Å². The van der Waals surface area contributed by atoms with E-state index in [0.717, 1.165) is 5.41 Å². The lowest BCUT2D eigenvalue weighted by Crippen LogP contribution is -2.06. The van der Waals surface area contributed by atoms with E-state index < -0.39 is 19.7 Å². The van der Waals surface area contributed by atoms with E-state index in [1.807, 2.05) is 0 Å². The van der Waals surface area contributed by atoms with Crippen molar-refractivity contribution in [1.82, 2.24) is 0 Å². The molecule has 0 bridgehead atoms. The Kier molecular flexibility index (Phi) is 4.89. The van der Waals surface area contributed by atoms with Gasteiger partial charge in [-0.25, -0.2) is 16.8 Å². The molecule has 0 radical (unpaired) electrons. The molecule has 0 aliphatic rings. The summed E-state index contributed by atoms with van der Waals surface area (Å²) in [6.45, 7) is 0. The third kappa shape index (κ3) is 3.73. The summed E-state index contributed by atoms with van der Waals surface area (Å²) in [6.07, 6.45) is 0. The lowest BCUT2D eigenvalue weighted by molar-refractivity contribution is 0.601. The minimum atomic E-state index is -3.97. The first-order valence-corrected chi connectivity index (χ1v) is 11.2. The molecule has 0 fully saturated rings. The van der Waals surface area contributed by atoms with Crippen LogP contribution in [0.4, 0.5) is 0 Å². The highest BCUT2D eigenvalue weighted by Crippen LogP contribution is 2.32. The molecule has 0 aliphatic carbocycles. The number of hydrogen-bond donors (Lipinski definition) is 0. The van der Waals surface area contributed by atoms with Crippen molar-refractivity contribution in [3.63, 3.8) is 0 Å². The molecule has 1 aromatic heterocycles. The molecule has 1 heterocycles. The fourth-order valence-corrected chi connectivity index (χ4v) is 6.47. The van der Waals surface area contributed by atoms with E-state index in [0.29, 0.717) is 4.88 Å². The molecule has 0 spiro atoms. The van der Waals surface area contributed by atoms with Crippen LogP contribution < -0.4 is 0 Å². The predicted octanol–water partition coefficient (Wildman–Crippen LogP) is 3.99. The SMILES string of the molecule is O=S(=O)(/C=C(\c1cccs1)S(=O)(=O)c1ccccc1)c1ccccc1. The number of sulfone groups is 2. The van der Waals surface area contributed by atoms with Crippen molar-refractivity contribution in [1.29, 1.82) is 0 Å². The molecule has 4 nitrogen and oxygen atoms in total. The van der Waals surface area contributed by atoms with E-state index in [1.54, 1.807) is 53.9 Å². The van der Waals surface area contributed by atoms with Gasteiger partial charge in [0.1, 0.15) is 4.91 Å². The summed E-state index contributed by atoms with van der Waals surface area (Å²) in [4.78, 5) is 0.256. The first-order valence-electron chi connectivity index (χ1n) is 7.27. The van der Waals surface area contributed by atoms with E-state index in [4.69, 9.17) is 0 Å². The van der Waals surface area contributed by atoms with Crippen molar-refractivity contribution in [2.75, 3.05) is 0 Å². The van der Waals surface area contributed by atoms with Gasteiger partial charge in [-0.05, 0) is 35.7 Å². The Bertz CT molecular complexity index is 1080. The maximum absolute atomic E-state index is 13.0. The highest BCUT2D eigenvalue weighted by Gasteiger charge is 2.26. The summed E-state index contributed by atoms with van der Waals surface area (Å²) in [5, 5.41) is 2.55. The smallest absolute Gasteiger partial charge is 0.208 e. The van der Waals surface area contributed by atoms with Crippen molar-refractivity contribution in [2.45, 2.75) is 9.79 Å². The van der Waals surface area contributed by atoms with Crippen LogP contribution >= 0.6 is 11.3 Å². The Hall–Kier alpha value is -2.22. The molecular weight excluding hydrogens is 376 g/mol. The van der Waals surface area contributed by atoms with Crippen LogP contribution in [0.5, 0.6) is 0 Å². The minimum Gasteiger partial charge on any atom is -0.219 e. The average Bonchev–Trinajstić information content (AvgIpc) is 3.15. The van der Waals surface area contributed by atoms with Crippen molar-refractivity contribution in [3.8, 4) is 0 Å². The van der Waals surface area contributed by atoms with Gasteiger partial charge in [-0.15, -0.1) is 11.3 Å². The van der Waals surface area contributed by atoms with Gasteiger partial charge in [0.25, 0.3) is 0 Å². The van der Waals surface area contributed by atoms with Gasteiger partial charge in [0.15, 0.2) is 0 Å². The molecule has 0 N–H and O–H groups in total. The second-order valence-electron chi connectivity index (χ2n) is 5.13. The van der Waals surface area contributed by atoms with E-state index in [1.165, 1.54) is 35.6 Å². The molecule has 0 aliphatic heterocycles. The molecule has 0 amide bonds. The third-order valence-electron chi connectivity index (χ3n) is 3.44. The van der Waals surface area contributed by atoms with Crippen LogP contribution in [0, 0.1) is 0 Å². The molecule has 25 heavy (non-hydrogen) atoms. The lowest BCUT2D eigenvalue weighted by Gasteiger charge is -2.08. The number of hydrogen-bond acceptors (Lipinski definition) is 5. The maximum Gasteiger partial charge on any atom is 0.208 e. The molecule has 0 saturated carbocycles. The van der Waals surface area contributed by atoms with Crippen LogP contribution in [0.1, 0.15) is 4.88 Å². The fraction of sp³-hybridized carbons (Fsp3) is 0. The molecular formula is C18H14O4S3. The summed E-state index contributed by atoms with van der Waals surface area (Å²) >= 11 is 1.18. The average molecular weight is 391 g/mol. The molecule has 0 saturated heterocycles. The van der Waals surface area contributed by atoms with E-state index in [-0.39, 0.29) is 14.7 Å². The topological polar surface area (TPSA) is 68.3 Å². The number of thiophene rings is 1. The van der Waals surface area contributed by atoms with Gasteiger partial charge in [-0.1, -0.05) is 42.5 Å². The zero-order chi connectivity index (χ0) is 17.9. The molecule has 7 heteroatoms. The van der Waals surface area contributed by atoms with Crippen LogP contribution in [0.15, 0.2) is 93.4 Å². The Labute approximate surface area is 150 Å². The van der Waals surface area contributed by atoms with E-state index >= 15 is 0 Å². The number of rotatable bonds is 5.